The summed E-state index contributed by atoms with van der Waals surface area (Å²) in [5.41, 5.74) is 2.64. The summed E-state index contributed by atoms with van der Waals surface area (Å²) in [7, 11) is 0. The number of nitrogens with one attached hydrogen (secondary N) is 1. The molecule has 4 aromatic rings. The lowest BCUT2D eigenvalue weighted by molar-refractivity contribution is -0.138. The van der Waals surface area contributed by atoms with Crippen LogP contribution in [0.3, 0.4) is 0 Å². The molecule has 0 fully saturated rings. The van der Waals surface area contributed by atoms with Crippen molar-refractivity contribution in [2.75, 3.05) is 0 Å². The van der Waals surface area contributed by atoms with Gasteiger partial charge < -0.3 is 19.4 Å². The highest BCUT2D eigenvalue weighted by Gasteiger charge is 2.30. The standard InChI is InChI=1S/C23H18F3N3O4/c24-23(25,26)14-4-1-12(2-5-14)22-28-19(29-33-22)11-32-15-6-8-18-17(10-15)16-7-3-13(9-20(30)31)21(16)27-18/h1-2,4-6,8,10,13,27H,3,7,9,11H2,(H,30,31). The Morgan fingerprint density at radius 3 is 2.73 bits per heavy atom. The fourth-order valence-electron chi connectivity index (χ4n) is 4.21. The van der Waals surface area contributed by atoms with Crippen LogP contribution in [-0.2, 0) is 24.0 Å². The number of aryl methyl sites for hydroxylation is 1. The van der Waals surface area contributed by atoms with Crippen molar-refractivity contribution in [2.45, 2.75) is 38.0 Å². The van der Waals surface area contributed by atoms with Gasteiger partial charge in [0.15, 0.2) is 6.61 Å². The van der Waals surface area contributed by atoms with E-state index >= 15 is 0 Å². The summed E-state index contributed by atoms with van der Waals surface area (Å²) >= 11 is 0. The second-order valence-electron chi connectivity index (χ2n) is 7.94. The molecule has 2 aromatic carbocycles. The number of carboxylic acids is 1. The van der Waals surface area contributed by atoms with Crippen molar-refractivity contribution < 1.29 is 32.3 Å². The Morgan fingerprint density at radius 2 is 2.00 bits per heavy atom. The van der Waals surface area contributed by atoms with E-state index in [2.05, 4.69) is 15.1 Å². The number of ether oxygens (including phenoxy) is 1. The first-order valence-electron chi connectivity index (χ1n) is 10.3. The van der Waals surface area contributed by atoms with Crippen molar-refractivity contribution in [1.29, 1.82) is 0 Å². The number of aliphatic carboxylic acids is 1. The molecular weight excluding hydrogens is 439 g/mol. The van der Waals surface area contributed by atoms with E-state index in [1.807, 2.05) is 12.1 Å². The molecule has 0 saturated carbocycles. The monoisotopic (exact) mass is 457 g/mol. The first-order valence-corrected chi connectivity index (χ1v) is 10.3. The minimum absolute atomic E-state index is 0.0165. The van der Waals surface area contributed by atoms with E-state index < -0.39 is 17.7 Å². The Labute approximate surface area is 185 Å². The molecule has 2 N–H and O–H groups in total. The minimum atomic E-state index is -4.41. The zero-order valence-electron chi connectivity index (χ0n) is 17.1. The number of carboxylic acid groups (broad SMARTS) is 1. The highest BCUT2D eigenvalue weighted by Crippen LogP contribution is 2.40. The summed E-state index contributed by atoms with van der Waals surface area (Å²) in [6.07, 6.45) is -2.71. The van der Waals surface area contributed by atoms with Gasteiger partial charge in [0.2, 0.25) is 5.82 Å². The number of hydrogen-bond donors (Lipinski definition) is 2. The van der Waals surface area contributed by atoms with Gasteiger partial charge in [0.25, 0.3) is 5.89 Å². The van der Waals surface area contributed by atoms with Crippen LogP contribution < -0.4 is 4.74 Å². The van der Waals surface area contributed by atoms with Crippen LogP contribution in [0.4, 0.5) is 13.2 Å². The average Bonchev–Trinajstić information content (AvgIpc) is 3.48. The van der Waals surface area contributed by atoms with Crippen LogP contribution >= 0.6 is 0 Å². The molecule has 0 amide bonds. The third kappa shape index (κ3) is 4.15. The maximum atomic E-state index is 12.7. The lowest BCUT2D eigenvalue weighted by Gasteiger charge is -2.06. The quantitative estimate of drug-likeness (QED) is 0.406. The SMILES string of the molecule is O=C(O)CC1CCc2c1[nH]c1ccc(OCc3noc(-c4ccc(C(F)(F)F)cc4)n3)cc21. The lowest BCUT2D eigenvalue weighted by Crippen LogP contribution is -2.04. The number of halogens is 3. The number of H-pyrrole nitrogens is 1. The Kier molecular flexibility index (Phi) is 5.07. The lowest BCUT2D eigenvalue weighted by atomic mass is 10.0. The molecule has 0 bridgehead atoms. The van der Waals surface area contributed by atoms with Crippen molar-refractivity contribution in [3.8, 4) is 17.2 Å². The van der Waals surface area contributed by atoms with Gasteiger partial charge >= 0.3 is 12.1 Å². The van der Waals surface area contributed by atoms with E-state index in [9.17, 15) is 18.0 Å². The van der Waals surface area contributed by atoms with E-state index in [0.717, 1.165) is 47.1 Å². The van der Waals surface area contributed by atoms with Gasteiger partial charge in [-0.2, -0.15) is 18.2 Å². The summed E-state index contributed by atoms with van der Waals surface area (Å²) in [4.78, 5) is 18.6. The molecular formula is C23H18F3N3O4. The summed E-state index contributed by atoms with van der Waals surface area (Å²) in [6, 6.07) is 10.0. The average molecular weight is 457 g/mol. The Hall–Kier alpha value is -3.82. The number of nitrogens with zero attached hydrogens (tertiary/aromatic N) is 2. The number of aromatic amines is 1. The molecule has 1 aliphatic rings. The Bertz CT molecular complexity index is 1330. The van der Waals surface area contributed by atoms with Crippen LogP contribution in [0.15, 0.2) is 47.0 Å². The van der Waals surface area contributed by atoms with E-state index in [-0.39, 0.29) is 30.7 Å². The molecule has 0 spiro atoms. The smallest absolute Gasteiger partial charge is 0.416 e. The number of carbonyl (C=O) groups is 1. The number of hydrogen-bond acceptors (Lipinski definition) is 5. The normalized spacial score (nSPS) is 15.7. The minimum Gasteiger partial charge on any atom is -0.485 e. The maximum Gasteiger partial charge on any atom is 0.416 e. The highest BCUT2D eigenvalue weighted by molar-refractivity contribution is 5.87. The third-order valence-electron chi connectivity index (χ3n) is 5.78. The fraction of sp³-hybridized carbons (Fsp3) is 0.261. The van der Waals surface area contributed by atoms with Gasteiger partial charge in [-0.1, -0.05) is 5.16 Å². The molecule has 5 rings (SSSR count). The van der Waals surface area contributed by atoms with Gasteiger partial charge in [-0.3, -0.25) is 4.79 Å². The van der Waals surface area contributed by atoms with Crippen LogP contribution in [0.1, 0.15) is 41.4 Å². The third-order valence-corrected chi connectivity index (χ3v) is 5.78. The number of fused-ring (bicyclic) bond motifs is 3. The Morgan fingerprint density at radius 1 is 1.21 bits per heavy atom. The van der Waals surface area contributed by atoms with Gasteiger partial charge in [-0.15, -0.1) is 0 Å². The van der Waals surface area contributed by atoms with E-state index in [1.165, 1.54) is 12.1 Å². The number of aromatic nitrogens is 3. The summed E-state index contributed by atoms with van der Waals surface area (Å²) in [6.45, 7) is 0.0178. The molecule has 1 atom stereocenters. The number of rotatable bonds is 6. The fourth-order valence-corrected chi connectivity index (χ4v) is 4.21. The largest absolute Gasteiger partial charge is 0.485 e. The number of alkyl halides is 3. The summed E-state index contributed by atoms with van der Waals surface area (Å²) in [5, 5.41) is 13.9. The molecule has 2 aromatic heterocycles. The predicted octanol–water partition coefficient (Wildman–Crippen LogP) is 5.32. The van der Waals surface area contributed by atoms with Crippen LogP contribution in [0, 0.1) is 0 Å². The molecule has 170 valence electrons. The van der Waals surface area contributed by atoms with Crippen molar-refractivity contribution in [2.24, 2.45) is 0 Å². The van der Waals surface area contributed by atoms with Gasteiger partial charge in [0.05, 0.1) is 12.0 Å². The topological polar surface area (TPSA) is 101 Å². The molecule has 1 aliphatic carbocycles. The molecule has 0 saturated heterocycles. The predicted molar refractivity (Wildman–Crippen MR) is 111 cm³/mol. The zero-order chi connectivity index (χ0) is 23.2. The van der Waals surface area contributed by atoms with Crippen molar-refractivity contribution in [3.05, 3.63) is 65.1 Å². The van der Waals surface area contributed by atoms with E-state index in [0.29, 0.717) is 11.3 Å². The summed E-state index contributed by atoms with van der Waals surface area (Å²) < 4.78 is 49.1. The second-order valence-corrected chi connectivity index (χ2v) is 7.94. The van der Waals surface area contributed by atoms with Crippen molar-refractivity contribution >= 4 is 16.9 Å². The maximum absolute atomic E-state index is 12.7. The zero-order valence-corrected chi connectivity index (χ0v) is 17.1. The van der Waals surface area contributed by atoms with Crippen LogP contribution in [0.5, 0.6) is 5.75 Å². The van der Waals surface area contributed by atoms with Gasteiger partial charge in [-0.25, -0.2) is 0 Å². The number of benzene rings is 2. The molecule has 7 nitrogen and oxygen atoms in total. The van der Waals surface area contributed by atoms with Gasteiger partial charge in [0, 0.05) is 28.1 Å². The van der Waals surface area contributed by atoms with Crippen LogP contribution in [0.2, 0.25) is 0 Å². The molecule has 0 radical (unpaired) electrons. The second kappa shape index (κ2) is 7.95. The first kappa shape index (κ1) is 21.0. The molecule has 2 heterocycles. The van der Waals surface area contributed by atoms with Gasteiger partial charge in [-0.05, 0) is 60.9 Å². The van der Waals surface area contributed by atoms with Crippen LogP contribution in [0.25, 0.3) is 22.4 Å². The van der Waals surface area contributed by atoms with Crippen molar-refractivity contribution in [3.63, 3.8) is 0 Å². The van der Waals surface area contributed by atoms with E-state index in [1.54, 1.807) is 6.07 Å². The molecule has 10 heteroatoms. The van der Waals surface area contributed by atoms with Crippen LogP contribution in [-0.4, -0.2) is 26.2 Å². The Balaban J connectivity index is 1.29. The highest BCUT2D eigenvalue weighted by atomic mass is 19.4. The van der Waals surface area contributed by atoms with Gasteiger partial charge in [0.1, 0.15) is 5.75 Å². The van der Waals surface area contributed by atoms with E-state index in [4.69, 9.17) is 14.4 Å². The molecule has 0 aliphatic heterocycles. The van der Waals surface area contributed by atoms with Crippen molar-refractivity contribution in [1.82, 2.24) is 15.1 Å². The first-order chi connectivity index (χ1) is 15.8. The molecule has 1 unspecified atom stereocenters. The molecule has 33 heavy (non-hydrogen) atoms. The summed E-state index contributed by atoms with van der Waals surface area (Å²) in [5.74, 6) is 0.118.